The van der Waals surface area contributed by atoms with Gasteiger partial charge in [0.1, 0.15) is 15.6 Å². The molecule has 0 saturated carbocycles. The molecule has 2 heterocycles. The van der Waals surface area contributed by atoms with E-state index in [2.05, 4.69) is 10.2 Å². The summed E-state index contributed by atoms with van der Waals surface area (Å²) in [5, 5.41) is 3.78. The minimum absolute atomic E-state index is 0.130. The summed E-state index contributed by atoms with van der Waals surface area (Å²) in [6.45, 7) is 5.77. The molecule has 1 aromatic rings. The van der Waals surface area contributed by atoms with Gasteiger partial charge in [0.2, 0.25) is 0 Å². The van der Waals surface area contributed by atoms with Crippen molar-refractivity contribution in [3.63, 3.8) is 0 Å². The second-order valence-corrected chi connectivity index (χ2v) is 5.89. The summed E-state index contributed by atoms with van der Waals surface area (Å²) >= 11 is 1.39. The summed E-state index contributed by atoms with van der Waals surface area (Å²) in [5.41, 5.74) is 6.53. The van der Waals surface area contributed by atoms with Gasteiger partial charge in [0.05, 0.1) is 13.7 Å². The number of carbonyl (C=O) groups excluding carboxylic acids is 1. The molecule has 1 amide bonds. The van der Waals surface area contributed by atoms with Crippen LogP contribution in [-0.4, -0.2) is 45.9 Å². The average molecular weight is 313 g/mol. The Labute approximate surface area is 129 Å². The number of nitrogens with one attached hydrogen (secondary N) is 1. The molecule has 2 rings (SSSR count). The van der Waals surface area contributed by atoms with Gasteiger partial charge in [-0.3, -0.25) is 4.79 Å². The second-order valence-electron chi connectivity index (χ2n) is 4.89. The molecule has 0 bridgehead atoms. The van der Waals surface area contributed by atoms with E-state index in [0.29, 0.717) is 29.5 Å². The van der Waals surface area contributed by atoms with Crippen molar-refractivity contribution in [3.8, 4) is 5.75 Å². The molecule has 1 saturated heterocycles. The van der Waals surface area contributed by atoms with Gasteiger partial charge in [-0.25, -0.2) is 0 Å². The Morgan fingerprint density at radius 2 is 2.29 bits per heavy atom. The van der Waals surface area contributed by atoms with E-state index in [9.17, 15) is 4.79 Å². The van der Waals surface area contributed by atoms with Crippen LogP contribution in [-0.2, 0) is 4.74 Å². The van der Waals surface area contributed by atoms with Crippen LogP contribution in [0.2, 0.25) is 0 Å². The fraction of sp³-hybridized carbons (Fsp3) is 0.643. The smallest absolute Gasteiger partial charge is 0.263 e. The molecule has 1 aliphatic heterocycles. The Kier molecular flexibility index (Phi) is 5.69. The van der Waals surface area contributed by atoms with E-state index < -0.39 is 0 Å². The van der Waals surface area contributed by atoms with Crippen molar-refractivity contribution >= 4 is 27.9 Å². The monoisotopic (exact) mass is 313 g/mol. The van der Waals surface area contributed by atoms with Crippen LogP contribution in [0.3, 0.4) is 0 Å². The number of nitrogens with two attached hydrogens (primary N) is 1. The second kappa shape index (κ2) is 7.51. The molecule has 0 radical (unpaired) electrons. The van der Waals surface area contributed by atoms with Crippen LogP contribution in [0, 0.1) is 0 Å². The fourth-order valence-corrected chi connectivity index (χ4v) is 3.42. The molecule has 6 nitrogen and oxygen atoms in total. The zero-order valence-electron chi connectivity index (χ0n) is 12.6. The van der Waals surface area contributed by atoms with Crippen molar-refractivity contribution in [3.05, 3.63) is 4.88 Å². The first-order valence-electron chi connectivity index (χ1n) is 7.26. The molecule has 7 heteroatoms. The molecule has 3 N–H and O–H groups in total. The first kappa shape index (κ1) is 15.9. The highest BCUT2D eigenvalue weighted by molar-refractivity contribution is 7.19. The molecule has 21 heavy (non-hydrogen) atoms. The third kappa shape index (κ3) is 3.59. The summed E-state index contributed by atoms with van der Waals surface area (Å²) in [6.07, 6.45) is 1.85. The molecule has 0 aliphatic carbocycles. The van der Waals surface area contributed by atoms with Gasteiger partial charge in [-0.05, 0) is 12.8 Å². The zero-order chi connectivity index (χ0) is 15.2. The van der Waals surface area contributed by atoms with Crippen molar-refractivity contribution < 1.29 is 14.3 Å². The molecule has 1 fully saturated rings. The van der Waals surface area contributed by atoms with Crippen LogP contribution in [0.1, 0.15) is 29.4 Å². The lowest BCUT2D eigenvalue weighted by Crippen LogP contribution is -2.25. The Morgan fingerprint density at radius 3 is 3.00 bits per heavy atom. The van der Waals surface area contributed by atoms with Crippen LogP contribution < -0.4 is 20.7 Å². The Hall–Kier alpha value is -1.47. The minimum atomic E-state index is -0.130. The number of rotatable bonds is 5. The molecular formula is C14H23N3O3S. The SMILES string of the molecule is CCCNC(=O)c1sc(N2CCCOCC2)c(OC)c1N. The van der Waals surface area contributed by atoms with Crippen LogP contribution >= 0.6 is 11.3 Å². The molecule has 0 atom stereocenters. The van der Waals surface area contributed by atoms with E-state index in [1.54, 1.807) is 7.11 Å². The summed E-state index contributed by atoms with van der Waals surface area (Å²) in [5.74, 6) is 0.471. The predicted molar refractivity (Wildman–Crippen MR) is 85.6 cm³/mol. The zero-order valence-corrected chi connectivity index (χ0v) is 13.4. The minimum Gasteiger partial charge on any atom is -0.492 e. The van der Waals surface area contributed by atoms with Crippen molar-refractivity contribution in [1.82, 2.24) is 5.32 Å². The van der Waals surface area contributed by atoms with Crippen LogP contribution in [0.25, 0.3) is 0 Å². The number of thiophene rings is 1. The van der Waals surface area contributed by atoms with Gasteiger partial charge in [-0.2, -0.15) is 0 Å². The van der Waals surface area contributed by atoms with E-state index in [1.165, 1.54) is 11.3 Å². The van der Waals surface area contributed by atoms with Gasteiger partial charge in [-0.1, -0.05) is 6.92 Å². The van der Waals surface area contributed by atoms with Crippen molar-refractivity contribution in [2.75, 3.05) is 50.6 Å². The maximum Gasteiger partial charge on any atom is 0.263 e. The lowest BCUT2D eigenvalue weighted by atomic mass is 10.3. The maximum absolute atomic E-state index is 12.2. The summed E-state index contributed by atoms with van der Waals surface area (Å²) in [4.78, 5) is 14.9. The summed E-state index contributed by atoms with van der Waals surface area (Å²) in [6, 6.07) is 0. The number of carbonyl (C=O) groups is 1. The molecule has 0 aromatic carbocycles. The van der Waals surface area contributed by atoms with Crippen LogP contribution in [0.15, 0.2) is 0 Å². The van der Waals surface area contributed by atoms with Gasteiger partial charge in [0.25, 0.3) is 5.91 Å². The van der Waals surface area contributed by atoms with Crippen molar-refractivity contribution in [1.29, 1.82) is 0 Å². The Balaban J connectivity index is 2.26. The molecule has 1 aliphatic rings. The average Bonchev–Trinajstić information content (AvgIpc) is 2.68. The van der Waals surface area contributed by atoms with E-state index >= 15 is 0 Å². The van der Waals surface area contributed by atoms with E-state index in [4.69, 9.17) is 15.2 Å². The van der Waals surface area contributed by atoms with E-state index in [0.717, 1.165) is 37.5 Å². The molecule has 0 unspecified atom stereocenters. The van der Waals surface area contributed by atoms with Crippen LogP contribution in [0.5, 0.6) is 5.75 Å². The summed E-state index contributed by atoms with van der Waals surface area (Å²) in [7, 11) is 1.59. The lowest BCUT2D eigenvalue weighted by Gasteiger charge is -2.20. The highest BCUT2D eigenvalue weighted by atomic mass is 32.1. The first-order valence-corrected chi connectivity index (χ1v) is 8.07. The third-order valence-corrected chi connectivity index (χ3v) is 4.58. The molecular weight excluding hydrogens is 290 g/mol. The Bertz CT molecular complexity index is 482. The number of nitrogens with zero attached hydrogens (tertiary/aromatic N) is 1. The fourth-order valence-electron chi connectivity index (χ4n) is 2.26. The lowest BCUT2D eigenvalue weighted by molar-refractivity contribution is 0.0958. The largest absolute Gasteiger partial charge is 0.492 e. The third-order valence-electron chi connectivity index (χ3n) is 3.34. The van der Waals surface area contributed by atoms with E-state index in [-0.39, 0.29) is 5.91 Å². The number of anilines is 2. The van der Waals surface area contributed by atoms with Gasteiger partial charge in [-0.15, -0.1) is 11.3 Å². The normalized spacial score (nSPS) is 15.6. The van der Waals surface area contributed by atoms with Gasteiger partial charge in [0, 0.05) is 26.2 Å². The van der Waals surface area contributed by atoms with Crippen molar-refractivity contribution in [2.45, 2.75) is 19.8 Å². The predicted octanol–water partition coefficient (Wildman–Crippen LogP) is 1.71. The van der Waals surface area contributed by atoms with Crippen LogP contribution in [0.4, 0.5) is 10.7 Å². The topological polar surface area (TPSA) is 76.8 Å². The number of ether oxygens (including phenoxy) is 2. The van der Waals surface area contributed by atoms with Gasteiger partial charge in [0.15, 0.2) is 5.75 Å². The molecule has 118 valence electrons. The Morgan fingerprint density at radius 1 is 1.48 bits per heavy atom. The van der Waals surface area contributed by atoms with Gasteiger partial charge < -0.3 is 25.4 Å². The standard InChI is InChI=1S/C14H23N3O3S/c1-3-5-16-13(18)12-10(15)11(19-2)14(21-12)17-6-4-8-20-9-7-17/h3-9,15H2,1-2H3,(H,16,18). The summed E-state index contributed by atoms with van der Waals surface area (Å²) < 4.78 is 10.9. The molecule has 0 spiro atoms. The number of hydrogen-bond acceptors (Lipinski definition) is 6. The number of nitrogen functional groups attached to an aromatic ring is 1. The van der Waals surface area contributed by atoms with E-state index in [1.807, 2.05) is 6.92 Å². The number of hydrogen-bond donors (Lipinski definition) is 2. The molecule has 1 aromatic heterocycles. The highest BCUT2D eigenvalue weighted by Crippen LogP contribution is 2.44. The quantitative estimate of drug-likeness (QED) is 0.865. The first-order chi connectivity index (χ1) is 10.2. The number of amides is 1. The highest BCUT2D eigenvalue weighted by Gasteiger charge is 2.25. The maximum atomic E-state index is 12.2. The van der Waals surface area contributed by atoms with Gasteiger partial charge >= 0.3 is 0 Å². The van der Waals surface area contributed by atoms with Crippen molar-refractivity contribution in [2.24, 2.45) is 0 Å². The number of methoxy groups -OCH3 is 1.